The zero-order chi connectivity index (χ0) is 19.6. The highest BCUT2D eigenvalue weighted by atomic mass is 32.2. The summed E-state index contributed by atoms with van der Waals surface area (Å²) in [5.74, 6) is 1.56. The van der Waals surface area contributed by atoms with Crippen LogP contribution in [0.3, 0.4) is 0 Å². The number of carbonyl (C=O) groups is 1. The fraction of sp³-hybridized carbons (Fsp3) is 0.350. The first-order valence-corrected chi connectivity index (χ1v) is 9.72. The molecule has 1 N–H and O–H groups in total. The van der Waals surface area contributed by atoms with Gasteiger partial charge in [-0.1, -0.05) is 24.3 Å². The van der Waals surface area contributed by atoms with Crippen LogP contribution in [0.25, 0.3) is 0 Å². The van der Waals surface area contributed by atoms with Gasteiger partial charge in [-0.05, 0) is 55.3 Å². The number of hydrogen-bond acceptors (Lipinski definition) is 4. The van der Waals surface area contributed by atoms with Crippen LogP contribution in [0.15, 0.2) is 42.5 Å². The van der Waals surface area contributed by atoms with E-state index in [0.29, 0.717) is 6.61 Å². The average Bonchev–Trinajstić information content (AvgIpc) is 2.62. The molecular weight excluding hydrogens is 372 g/mol. The number of anilines is 1. The maximum Gasteiger partial charge on any atom is 0.387 e. The van der Waals surface area contributed by atoms with Gasteiger partial charge in [0.2, 0.25) is 5.91 Å². The van der Waals surface area contributed by atoms with Crippen molar-refractivity contribution in [2.24, 2.45) is 0 Å². The smallest absolute Gasteiger partial charge is 0.387 e. The molecular formula is C20H23F2NO3S. The van der Waals surface area contributed by atoms with Gasteiger partial charge in [-0.2, -0.15) is 20.5 Å². The van der Waals surface area contributed by atoms with Crippen molar-refractivity contribution in [2.75, 3.05) is 23.4 Å². The number of carbonyl (C=O) groups excluding carboxylic acids is 1. The van der Waals surface area contributed by atoms with Crippen molar-refractivity contribution in [3.05, 3.63) is 53.6 Å². The fourth-order valence-corrected chi connectivity index (χ4v) is 3.05. The number of aryl methyl sites for hydroxylation is 2. The Hall–Kier alpha value is -2.28. The molecule has 27 heavy (non-hydrogen) atoms. The second kappa shape index (κ2) is 10.8. The van der Waals surface area contributed by atoms with Crippen molar-refractivity contribution < 1.29 is 23.0 Å². The molecule has 0 spiro atoms. The summed E-state index contributed by atoms with van der Waals surface area (Å²) in [5, 5.41) is 2.60. The van der Waals surface area contributed by atoms with Gasteiger partial charge in [-0.25, -0.2) is 0 Å². The molecule has 7 heteroatoms. The van der Waals surface area contributed by atoms with Crippen LogP contribution in [0.4, 0.5) is 14.5 Å². The normalized spacial score (nSPS) is 10.7. The van der Waals surface area contributed by atoms with E-state index in [2.05, 4.69) is 10.1 Å². The van der Waals surface area contributed by atoms with Gasteiger partial charge in [0.1, 0.15) is 11.5 Å². The molecule has 0 bridgehead atoms. The molecule has 0 atom stereocenters. The summed E-state index contributed by atoms with van der Waals surface area (Å²) < 4.78 is 34.9. The van der Waals surface area contributed by atoms with Crippen LogP contribution in [0.5, 0.6) is 11.5 Å². The molecule has 2 rings (SSSR count). The Balaban J connectivity index is 1.67. The Morgan fingerprint density at radius 1 is 1.15 bits per heavy atom. The molecule has 0 fully saturated rings. The second-order valence-corrected chi connectivity index (χ2v) is 7.05. The quantitative estimate of drug-likeness (QED) is 0.572. The van der Waals surface area contributed by atoms with Gasteiger partial charge in [0, 0.05) is 0 Å². The van der Waals surface area contributed by atoms with Gasteiger partial charge in [0.25, 0.3) is 0 Å². The number of thioether (sulfide) groups is 1. The van der Waals surface area contributed by atoms with Crippen molar-refractivity contribution in [2.45, 2.75) is 26.9 Å². The van der Waals surface area contributed by atoms with Crippen LogP contribution in [-0.2, 0) is 4.79 Å². The second-order valence-electron chi connectivity index (χ2n) is 5.95. The van der Waals surface area contributed by atoms with Crippen molar-refractivity contribution in [1.82, 2.24) is 0 Å². The van der Waals surface area contributed by atoms with E-state index in [4.69, 9.17) is 4.74 Å². The molecule has 0 aliphatic heterocycles. The van der Waals surface area contributed by atoms with Crippen molar-refractivity contribution in [3.8, 4) is 11.5 Å². The third-order valence-corrected chi connectivity index (χ3v) is 4.69. The van der Waals surface area contributed by atoms with Crippen LogP contribution < -0.4 is 14.8 Å². The summed E-state index contributed by atoms with van der Waals surface area (Å²) in [6, 6.07) is 12.2. The number of halogens is 2. The van der Waals surface area contributed by atoms with Gasteiger partial charge in [-0.15, -0.1) is 0 Å². The average molecular weight is 395 g/mol. The standard InChI is InChI=1S/C20H23F2NO3S/c1-14-8-9-15(2)18(12-14)25-10-5-11-27-13-19(24)23-16-6-3-4-7-17(16)26-20(21)22/h3-4,6-9,12,20H,5,10-11,13H2,1-2H3,(H,23,24). The Bertz CT molecular complexity index is 756. The maximum absolute atomic E-state index is 12.4. The minimum absolute atomic E-state index is 0.0484. The van der Waals surface area contributed by atoms with E-state index in [1.165, 1.54) is 23.9 Å². The lowest BCUT2D eigenvalue weighted by Gasteiger charge is -2.12. The summed E-state index contributed by atoms with van der Waals surface area (Å²) in [6.45, 7) is 1.66. The first kappa shape index (κ1) is 21.0. The molecule has 0 aliphatic rings. The van der Waals surface area contributed by atoms with Gasteiger partial charge in [0.05, 0.1) is 18.0 Å². The molecule has 0 heterocycles. The van der Waals surface area contributed by atoms with E-state index in [-0.39, 0.29) is 23.1 Å². The number of amides is 1. The summed E-state index contributed by atoms with van der Waals surface area (Å²) in [5.41, 5.74) is 2.48. The molecule has 2 aromatic carbocycles. The van der Waals surface area contributed by atoms with Crippen LogP contribution in [-0.4, -0.2) is 30.6 Å². The Morgan fingerprint density at radius 3 is 2.70 bits per heavy atom. The number of alkyl halides is 2. The highest BCUT2D eigenvalue weighted by Gasteiger charge is 2.11. The number of hydrogen-bond donors (Lipinski definition) is 1. The zero-order valence-corrected chi connectivity index (χ0v) is 16.2. The van der Waals surface area contributed by atoms with E-state index in [0.717, 1.165) is 29.1 Å². The highest BCUT2D eigenvalue weighted by molar-refractivity contribution is 7.99. The van der Waals surface area contributed by atoms with Crippen LogP contribution in [0.2, 0.25) is 0 Å². The maximum atomic E-state index is 12.4. The molecule has 146 valence electrons. The molecule has 4 nitrogen and oxygen atoms in total. The molecule has 0 aliphatic carbocycles. The SMILES string of the molecule is Cc1ccc(C)c(OCCCSCC(=O)Nc2ccccc2OC(F)F)c1. The van der Waals surface area contributed by atoms with E-state index in [9.17, 15) is 13.6 Å². The lowest BCUT2D eigenvalue weighted by Crippen LogP contribution is -2.16. The third kappa shape index (κ3) is 7.46. The lowest BCUT2D eigenvalue weighted by atomic mass is 10.1. The summed E-state index contributed by atoms with van der Waals surface area (Å²) >= 11 is 1.46. The molecule has 0 aromatic heterocycles. The van der Waals surface area contributed by atoms with Crippen LogP contribution in [0, 0.1) is 13.8 Å². The van der Waals surface area contributed by atoms with E-state index in [1.807, 2.05) is 32.0 Å². The number of rotatable bonds is 10. The topological polar surface area (TPSA) is 47.6 Å². The Kier molecular flexibility index (Phi) is 8.39. The zero-order valence-electron chi connectivity index (χ0n) is 15.3. The summed E-state index contributed by atoms with van der Waals surface area (Å²) in [4.78, 5) is 12.0. The van der Waals surface area contributed by atoms with Gasteiger partial charge in [-0.3, -0.25) is 4.79 Å². The fourth-order valence-electron chi connectivity index (χ4n) is 2.33. The van der Waals surface area contributed by atoms with Crippen LogP contribution in [0.1, 0.15) is 17.5 Å². The van der Waals surface area contributed by atoms with Crippen molar-refractivity contribution in [3.63, 3.8) is 0 Å². The van der Waals surface area contributed by atoms with Crippen molar-refractivity contribution in [1.29, 1.82) is 0 Å². The van der Waals surface area contributed by atoms with E-state index in [1.54, 1.807) is 12.1 Å². The minimum Gasteiger partial charge on any atom is -0.493 e. The molecule has 0 saturated carbocycles. The summed E-state index contributed by atoms with van der Waals surface area (Å²) in [7, 11) is 0. The number of benzene rings is 2. The third-order valence-electron chi connectivity index (χ3n) is 3.64. The van der Waals surface area contributed by atoms with Gasteiger partial charge >= 0.3 is 6.61 Å². The number of para-hydroxylation sites is 2. The van der Waals surface area contributed by atoms with Crippen molar-refractivity contribution >= 4 is 23.4 Å². The van der Waals surface area contributed by atoms with Crippen LogP contribution >= 0.6 is 11.8 Å². The number of ether oxygens (including phenoxy) is 2. The first-order valence-electron chi connectivity index (χ1n) is 8.57. The van der Waals surface area contributed by atoms with E-state index >= 15 is 0 Å². The van der Waals surface area contributed by atoms with E-state index < -0.39 is 6.61 Å². The first-order chi connectivity index (χ1) is 13.0. The Labute approximate surface area is 162 Å². The highest BCUT2D eigenvalue weighted by Crippen LogP contribution is 2.25. The molecule has 0 radical (unpaired) electrons. The predicted octanol–water partition coefficient (Wildman–Crippen LogP) is 5.05. The lowest BCUT2D eigenvalue weighted by molar-refractivity contribution is -0.113. The predicted molar refractivity (Wildman–Crippen MR) is 105 cm³/mol. The number of nitrogens with one attached hydrogen (secondary N) is 1. The minimum atomic E-state index is -2.94. The molecule has 1 amide bonds. The molecule has 0 unspecified atom stereocenters. The Morgan fingerprint density at radius 2 is 1.93 bits per heavy atom. The molecule has 2 aromatic rings. The van der Waals surface area contributed by atoms with Gasteiger partial charge < -0.3 is 14.8 Å². The molecule has 0 saturated heterocycles. The monoisotopic (exact) mass is 395 g/mol. The summed E-state index contributed by atoms with van der Waals surface area (Å²) in [6.07, 6.45) is 0.802. The van der Waals surface area contributed by atoms with Gasteiger partial charge in [0.15, 0.2) is 0 Å². The largest absolute Gasteiger partial charge is 0.493 e.